The minimum Gasteiger partial charge on any atom is -0.483 e. The average Bonchev–Trinajstić information content (AvgIpc) is 2.90. The molecule has 2 aliphatic rings. The summed E-state index contributed by atoms with van der Waals surface area (Å²) in [6, 6.07) is 4.23. The summed E-state index contributed by atoms with van der Waals surface area (Å²) in [5.74, 6) is 1.99. The van der Waals surface area contributed by atoms with Crippen molar-refractivity contribution in [2.45, 2.75) is 56.9 Å². The van der Waals surface area contributed by atoms with Gasteiger partial charge in [-0.25, -0.2) is 9.98 Å². The molecule has 2 atom stereocenters. The van der Waals surface area contributed by atoms with Gasteiger partial charge in [-0.3, -0.25) is 0 Å². The van der Waals surface area contributed by atoms with Crippen molar-refractivity contribution >= 4 is 20.6 Å². The van der Waals surface area contributed by atoms with Crippen LogP contribution in [0.4, 0.5) is 0 Å². The molecule has 4 nitrogen and oxygen atoms in total. The lowest BCUT2D eigenvalue weighted by Crippen LogP contribution is -2.38. The van der Waals surface area contributed by atoms with Gasteiger partial charge in [-0.1, -0.05) is 38.8 Å². The molecule has 0 unspecified atom stereocenters. The SMILES string of the molecule is COC1=N[C@H](C(C)C)C(OC)=N[C@H]1C[SiH]1CCCC1. The minimum absolute atomic E-state index is 0.0152. The third-order valence-electron chi connectivity index (χ3n) is 4.17. The van der Waals surface area contributed by atoms with Gasteiger partial charge >= 0.3 is 0 Å². The van der Waals surface area contributed by atoms with Gasteiger partial charge in [0.2, 0.25) is 11.8 Å². The van der Waals surface area contributed by atoms with Crippen molar-refractivity contribution < 1.29 is 9.47 Å². The molecule has 0 N–H and O–H groups in total. The van der Waals surface area contributed by atoms with E-state index in [1.54, 1.807) is 14.2 Å². The molecule has 2 heterocycles. The molecule has 1 fully saturated rings. The molecule has 19 heavy (non-hydrogen) atoms. The molecule has 0 saturated carbocycles. The predicted octanol–water partition coefficient (Wildman–Crippen LogP) is 2.50. The molecule has 1 saturated heterocycles. The van der Waals surface area contributed by atoms with Crippen molar-refractivity contribution in [3.63, 3.8) is 0 Å². The number of methoxy groups -OCH3 is 2. The summed E-state index contributed by atoms with van der Waals surface area (Å²) in [6.07, 6.45) is 2.83. The van der Waals surface area contributed by atoms with E-state index in [2.05, 4.69) is 13.8 Å². The van der Waals surface area contributed by atoms with Crippen molar-refractivity contribution in [1.82, 2.24) is 0 Å². The molecule has 0 aromatic rings. The molecule has 0 bridgehead atoms. The van der Waals surface area contributed by atoms with E-state index in [4.69, 9.17) is 19.5 Å². The fourth-order valence-electron chi connectivity index (χ4n) is 3.08. The Hall–Kier alpha value is -0.843. The highest BCUT2D eigenvalue weighted by Crippen LogP contribution is 2.27. The van der Waals surface area contributed by atoms with Crippen LogP contribution >= 0.6 is 0 Å². The summed E-state index contributed by atoms with van der Waals surface area (Å²) >= 11 is 0. The molecule has 108 valence electrons. The maximum Gasteiger partial charge on any atom is 0.209 e. The molecule has 2 aliphatic heterocycles. The molecular formula is C14H26N2O2Si. The van der Waals surface area contributed by atoms with Crippen LogP contribution in [0.3, 0.4) is 0 Å². The van der Waals surface area contributed by atoms with Crippen LogP contribution < -0.4 is 0 Å². The second-order valence-electron chi connectivity index (χ2n) is 5.93. The fourth-order valence-corrected chi connectivity index (χ4v) is 6.51. The molecule has 0 aromatic carbocycles. The number of ether oxygens (including phenoxy) is 2. The number of nitrogens with zero attached hydrogens (tertiary/aromatic N) is 2. The highest BCUT2D eigenvalue weighted by molar-refractivity contribution is 6.60. The molecule has 5 heteroatoms. The third-order valence-corrected chi connectivity index (χ3v) is 7.73. The molecule has 0 spiro atoms. The number of aliphatic imine (C=N–C) groups is 2. The Morgan fingerprint density at radius 2 is 1.74 bits per heavy atom. The first-order valence-electron chi connectivity index (χ1n) is 7.39. The van der Waals surface area contributed by atoms with E-state index in [-0.39, 0.29) is 12.1 Å². The Balaban J connectivity index is 2.12. The zero-order chi connectivity index (χ0) is 13.8. The summed E-state index contributed by atoms with van der Waals surface area (Å²) in [5.41, 5.74) is 0. The van der Waals surface area contributed by atoms with Gasteiger partial charge in [0, 0.05) is 8.80 Å². The van der Waals surface area contributed by atoms with Crippen LogP contribution in [0.5, 0.6) is 0 Å². The Morgan fingerprint density at radius 1 is 1.11 bits per heavy atom. The Bertz CT molecular complexity index is 362. The number of hydrogen-bond acceptors (Lipinski definition) is 4. The van der Waals surface area contributed by atoms with Gasteiger partial charge in [0.15, 0.2) is 0 Å². The lowest BCUT2D eigenvalue weighted by atomic mass is 10.0. The molecule has 0 aliphatic carbocycles. The first-order valence-corrected chi connectivity index (χ1v) is 9.84. The van der Waals surface area contributed by atoms with Crippen molar-refractivity contribution in [1.29, 1.82) is 0 Å². The highest BCUT2D eigenvalue weighted by atomic mass is 28.3. The van der Waals surface area contributed by atoms with Crippen LogP contribution in [-0.4, -0.2) is 46.9 Å². The normalized spacial score (nSPS) is 28.3. The Kier molecular flexibility index (Phi) is 5.02. The van der Waals surface area contributed by atoms with E-state index in [0.717, 1.165) is 11.8 Å². The molecule has 0 radical (unpaired) electrons. The van der Waals surface area contributed by atoms with Crippen molar-refractivity contribution in [2.75, 3.05) is 14.2 Å². The Morgan fingerprint density at radius 3 is 2.26 bits per heavy atom. The van der Waals surface area contributed by atoms with Gasteiger partial charge < -0.3 is 9.47 Å². The van der Waals surface area contributed by atoms with Gasteiger partial charge in [0.05, 0.1) is 14.2 Å². The summed E-state index contributed by atoms with van der Waals surface area (Å²) in [6.45, 7) is 4.28. The Labute approximate surface area is 117 Å². The van der Waals surface area contributed by atoms with E-state index in [0.29, 0.717) is 5.92 Å². The van der Waals surface area contributed by atoms with Gasteiger partial charge in [-0.2, -0.15) is 0 Å². The van der Waals surface area contributed by atoms with Crippen LogP contribution in [0.25, 0.3) is 0 Å². The van der Waals surface area contributed by atoms with Crippen LogP contribution in [0.15, 0.2) is 9.98 Å². The summed E-state index contributed by atoms with van der Waals surface area (Å²) < 4.78 is 11.0. The van der Waals surface area contributed by atoms with Crippen molar-refractivity contribution in [3.05, 3.63) is 0 Å². The number of rotatable bonds is 3. The zero-order valence-electron chi connectivity index (χ0n) is 12.6. The fraction of sp³-hybridized carbons (Fsp3) is 0.857. The predicted molar refractivity (Wildman–Crippen MR) is 82.1 cm³/mol. The second kappa shape index (κ2) is 6.55. The summed E-state index contributed by atoms with van der Waals surface area (Å²) in [5, 5.41) is 0. The standard InChI is InChI=1S/C14H26N2O2Si/c1-10(2)12-14(18-4)15-11(13(16-12)17-3)9-19-7-5-6-8-19/h10-12,19H,5-9H2,1-4H3/t11-,12+/m0/s1. The zero-order valence-corrected chi connectivity index (χ0v) is 13.7. The van der Waals surface area contributed by atoms with Crippen LogP contribution in [0.1, 0.15) is 26.7 Å². The molecular weight excluding hydrogens is 256 g/mol. The third kappa shape index (κ3) is 3.38. The average molecular weight is 282 g/mol. The summed E-state index contributed by atoms with van der Waals surface area (Å²) in [4.78, 5) is 9.53. The van der Waals surface area contributed by atoms with Crippen LogP contribution in [0, 0.1) is 5.92 Å². The van der Waals surface area contributed by atoms with Crippen LogP contribution in [0.2, 0.25) is 18.1 Å². The molecule has 0 amide bonds. The quantitative estimate of drug-likeness (QED) is 0.747. The van der Waals surface area contributed by atoms with E-state index in [9.17, 15) is 0 Å². The van der Waals surface area contributed by atoms with Crippen molar-refractivity contribution in [3.8, 4) is 0 Å². The first kappa shape index (κ1) is 14.6. The highest BCUT2D eigenvalue weighted by Gasteiger charge is 2.33. The molecule has 0 aromatic heterocycles. The van der Waals surface area contributed by atoms with Crippen LogP contribution in [-0.2, 0) is 9.47 Å². The largest absolute Gasteiger partial charge is 0.483 e. The smallest absolute Gasteiger partial charge is 0.209 e. The monoisotopic (exact) mass is 282 g/mol. The molecule has 2 rings (SSSR count). The lowest BCUT2D eigenvalue weighted by molar-refractivity contribution is 0.335. The summed E-state index contributed by atoms with van der Waals surface area (Å²) in [7, 11) is 2.80. The maximum absolute atomic E-state index is 5.50. The van der Waals surface area contributed by atoms with E-state index in [1.807, 2.05) is 0 Å². The maximum atomic E-state index is 5.50. The minimum atomic E-state index is -0.613. The second-order valence-corrected chi connectivity index (χ2v) is 9.29. The lowest BCUT2D eigenvalue weighted by Gasteiger charge is -2.28. The van der Waals surface area contributed by atoms with Gasteiger partial charge in [0.1, 0.15) is 12.1 Å². The van der Waals surface area contributed by atoms with Gasteiger partial charge in [-0.05, 0) is 12.0 Å². The number of hydrogen-bond donors (Lipinski definition) is 0. The van der Waals surface area contributed by atoms with Gasteiger partial charge in [0.25, 0.3) is 0 Å². The van der Waals surface area contributed by atoms with E-state index < -0.39 is 8.80 Å². The van der Waals surface area contributed by atoms with E-state index >= 15 is 0 Å². The first-order chi connectivity index (χ1) is 9.15. The van der Waals surface area contributed by atoms with E-state index in [1.165, 1.54) is 31.0 Å². The van der Waals surface area contributed by atoms with Crippen molar-refractivity contribution in [2.24, 2.45) is 15.9 Å². The van der Waals surface area contributed by atoms with Gasteiger partial charge in [-0.15, -0.1) is 0 Å². The topological polar surface area (TPSA) is 43.2 Å².